The molecule has 0 bridgehead atoms. The van der Waals surface area contributed by atoms with Crippen molar-refractivity contribution in [2.75, 3.05) is 13.2 Å². The van der Waals surface area contributed by atoms with Crippen LogP contribution in [0.1, 0.15) is 27.2 Å². The third-order valence-electron chi connectivity index (χ3n) is 3.47. The lowest BCUT2D eigenvalue weighted by molar-refractivity contribution is -0.133. The molecule has 1 saturated heterocycles. The molecule has 1 heterocycles. The van der Waals surface area contributed by atoms with Gasteiger partial charge in [0.25, 0.3) is 0 Å². The highest BCUT2D eigenvalue weighted by atomic mass is 28.3. The van der Waals surface area contributed by atoms with Crippen molar-refractivity contribution in [1.29, 1.82) is 0 Å². The minimum Gasteiger partial charge on any atom is -0.420 e. The molecule has 0 radical (unpaired) electrons. The summed E-state index contributed by atoms with van der Waals surface area (Å²) < 4.78 is 5.75. The number of nitrogens with zero attached hydrogens (tertiary/aromatic N) is 1. The van der Waals surface area contributed by atoms with Crippen LogP contribution in [0, 0.1) is 11.3 Å². The molecule has 0 aromatic rings. The Kier molecular flexibility index (Phi) is 5.17. The third kappa shape index (κ3) is 3.69. The predicted molar refractivity (Wildman–Crippen MR) is 78.1 cm³/mol. The summed E-state index contributed by atoms with van der Waals surface area (Å²) in [5.74, 6) is 0.286. The quantitative estimate of drug-likeness (QED) is 0.567. The molecule has 1 amide bonds. The molecule has 1 fully saturated rings. The van der Waals surface area contributed by atoms with Crippen LogP contribution >= 0.6 is 0 Å². The summed E-state index contributed by atoms with van der Waals surface area (Å²) in [5.41, 5.74) is 0.114. The molecule has 0 spiro atoms. The molecule has 4 heteroatoms. The van der Waals surface area contributed by atoms with Gasteiger partial charge in [-0.2, -0.15) is 0 Å². The van der Waals surface area contributed by atoms with E-state index in [9.17, 15) is 4.79 Å². The maximum Gasteiger partial charge on any atom is 0.228 e. The molecule has 104 valence electrons. The lowest BCUT2D eigenvalue weighted by Crippen LogP contribution is -2.41. The topological polar surface area (TPSA) is 29.5 Å². The molecule has 3 nitrogen and oxygen atoms in total. The first-order valence-corrected chi connectivity index (χ1v) is 9.58. The summed E-state index contributed by atoms with van der Waals surface area (Å²) in [6, 6.07) is 0.297. The highest BCUT2D eigenvalue weighted by Gasteiger charge is 2.44. The van der Waals surface area contributed by atoms with Crippen LogP contribution < -0.4 is 0 Å². The van der Waals surface area contributed by atoms with Crippen molar-refractivity contribution in [3.63, 3.8) is 0 Å². The van der Waals surface area contributed by atoms with Gasteiger partial charge in [0.15, 0.2) is 9.04 Å². The predicted octanol–water partition coefficient (Wildman–Crippen LogP) is 2.44. The Morgan fingerprint density at radius 3 is 2.56 bits per heavy atom. The molecule has 18 heavy (non-hydrogen) atoms. The van der Waals surface area contributed by atoms with E-state index in [1.165, 1.54) is 0 Å². The van der Waals surface area contributed by atoms with Gasteiger partial charge < -0.3 is 9.33 Å². The molecule has 1 aliphatic heterocycles. The molecule has 2 atom stereocenters. The van der Waals surface area contributed by atoms with E-state index in [4.69, 9.17) is 4.43 Å². The van der Waals surface area contributed by atoms with Gasteiger partial charge in [0, 0.05) is 19.2 Å². The minimum atomic E-state index is -1.04. The fourth-order valence-corrected chi connectivity index (χ4v) is 3.13. The van der Waals surface area contributed by atoms with Gasteiger partial charge in [0.1, 0.15) is 0 Å². The standard InChI is InChI=1S/C14H27NO2Si/c1-7-8-15-12(14(2,3)4)9-11(13(15)16)10-17-18(5)6/h7,11-12,18H,1,8-10H2,2-6H3. The maximum absolute atomic E-state index is 12.4. The van der Waals surface area contributed by atoms with Crippen LogP contribution in [0.25, 0.3) is 0 Å². The molecule has 1 rings (SSSR count). The highest BCUT2D eigenvalue weighted by Crippen LogP contribution is 2.36. The SMILES string of the molecule is C=CCN1C(=O)C(CO[SiH](C)C)CC1C(C)(C)C. The van der Waals surface area contributed by atoms with Crippen LogP contribution in [0.5, 0.6) is 0 Å². The highest BCUT2D eigenvalue weighted by molar-refractivity contribution is 6.48. The monoisotopic (exact) mass is 269 g/mol. The first-order valence-electron chi connectivity index (χ1n) is 6.80. The molecular formula is C14H27NO2Si. The lowest BCUT2D eigenvalue weighted by Gasteiger charge is -2.34. The van der Waals surface area contributed by atoms with E-state index in [-0.39, 0.29) is 17.2 Å². The fourth-order valence-electron chi connectivity index (χ4n) is 2.51. The fraction of sp³-hybridized carbons (Fsp3) is 0.786. The molecule has 0 N–H and O–H groups in total. The first-order chi connectivity index (χ1) is 8.27. The Balaban J connectivity index is 2.75. The average molecular weight is 269 g/mol. The maximum atomic E-state index is 12.4. The van der Waals surface area contributed by atoms with Crippen molar-refractivity contribution < 1.29 is 9.22 Å². The molecule has 0 aromatic heterocycles. The van der Waals surface area contributed by atoms with Gasteiger partial charge in [-0.25, -0.2) is 0 Å². The van der Waals surface area contributed by atoms with Gasteiger partial charge >= 0.3 is 0 Å². The van der Waals surface area contributed by atoms with Gasteiger partial charge in [-0.1, -0.05) is 26.8 Å². The Labute approximate surface area is 113 Å². The van der Waals surface area contributed by atoms with Crippen molar-refractivity contribution in [1.82, 2.24) is 4.90 Å². The number of hydrogen-bond acceptors (Lipinski definition) is 2. The third-order valence-corrected chi connectivity index (χ3v) is 4.33. The van der Waals surface area contributed by atoms with Crippen LogP contribution in [0.2, 0.25) is 13.1 Å². The second-order valence-corrected chi connectivity index (χ2v) is 8.91. The van der Waals surface area contributed by atoms with Crippen LogP contribution in [0.3, 0.4) is 0 Å². The van der Waals surface area contributed by atoms with E-state index in [1.54, 1.807) is 0 Å². The second kappa shape index (κ2) is 6.02. The summed E-state index contributed by atoms with van der Waals surface area (Å²) in [4.78, 5) is 14.4. The van der Waals surface area contributed by atoms with Gasteiger partial charge in [0.05, 0.1) is 5.92 Å². The van der Waals surface area contributed by atoms with Gasteiger partial charge in [-0.15, -0.1) is 6.58 Å². The molecular weight excluding hydrogens is 242 g/mol. The van der Waals surface area contributed by atoms with Crippen molar-refractivity contribution in [3.05, 3.63) is 12.7 Å². The zero-order chi connectivity index (χ0) is 13.9. The van der Waals surface area contributed by atoms with Crippen molar-refractivity contribution in [2.24, 2.45) is 11.3 Å². The largest absolute Gasteiger partial charge is 0.420 e. The minimum absolute atomic E-state index is 0.0454. The van der Waals surface area contributed by atoms with E-state index in [0.29, 0.717) is 19.2 Å². The zero-order valence-electron chi connectivity index (χ0n) is 12.4. The molecule has 1 aliphatic rings. The van der Waals surface area contributed by atoms with Crippen LogP contribution in [0.4, 0.5) is 0 Å². The number of likely N-dealkylation sites (tertiary alicyclic amines) is 1. The average Bonchev–Trinajstić information content (AvgIpc) is 2.54. The second-order valence-electron chi connectivity index (χ2n) is 6.48. The molecule has 2 unspecified atom stereocenters. The molecule has 0 saturated carbocycles. The van der Waals surface area contributed by atoms with E-state index < -0.39 is 9.04 Å². The Hall–Kier alpha value is -0.613. The normalized spacial score (nSPS) is 25.0. The van der Waals surface area contributed by atoms with Crippen LogP contribution in [-0.2, 0) is 9.22 Å². The summed E-state index contributed by atoms with van der Waals surface area (Å²) in [7, 11) is -1.04. The van der Waals surface area contributed by atoms with Gasteiger partial charge in [0.2, 0.25) is 5.91 Å². The van der Waals surface area contributed by atoms with Gasteiger partial charge in [-0.3, -0.25) is 4.79 Å². The Morgan fingerprint density at radius 2 is 2.11 bits per heavy atom. The van der Waals surface area contributed by atoms with E-state index >= 15 is 0 Å². The summed E-state index contributed by atoms with van der Waals surface area (Å²) in [6.45, 7) is 15.9. The van der Waals surface area contributed by atoms with E-state index in [1.807, 2.05) is 11.0 Å². The smallest absolute Gasteiger partial charge is 0.228 e. The zero-order valence-corrected chi connectivity index (χ0v) is 13.6. The van der Waals surface area contributed by atoms with Gasteiger partial charge in [-0.05, 0) is 24.9 Å². The Bertz CT molecular complexity index is 309. The molecule has 0 aromatic carbocycles. The summed E-state index contributed by atoms with van der Waals surface area (Å²) in [5, 5.41) is 0. The van der Waals surface area contributed by atoms with E-state index in [0.717, 1.165) is 6.42 Å². The van der Waals surface area contributed by atoms with Crippen LogP contribution in [0.15, 0.2) is 12.7 Å². The van der Waals surface area contributed by atoms with E-state index in [2.05, 4.69) is 40.4 Å². The van der Waals surface area contributed by atoms with Crippen LogP contribution in [-0.4, -0.2) is 39.0 Å². The van der Waals surface area contributed by atoms with Crippen molar-refractivity contribution in [2.45, 2.75) is 46.3 Å². The molecule has 0 aliphatic carbocycles. The number of rotatable bonds is 5. The first kappa shape index (κ1) is 15.4. The Morgan fingerprint density at radius 1 is 1.50 bits per heavy atom. The van der Waals surface area contributed by atoms with Crippen molar-refractivity contribution in [3.8, 4) is 0 Å². The number of hydrogen-bond donors (Lipinski definition) is 0. The number of carbonyl (C=O) groups excluding carboxylic acids is 1. The summed E-state index contributed by atoms with van der Waals surface area (Å²) in [6.07, 6.45) is 2.73. The van der Waals surface area contributed by atoms with Crippen molar-refractivity contribution >= 4 is 14.9 Å². The lowest BCUT2D eigenvalue weighted by atomic mass is 9.84. The number of carbonyl (C=O) groups is 1. The summed E-state index contributed by atoms with van der Waals surface area (Å²) >= 11 is 0. The number of amides is 1.